The highest BCUT2D eigenvalue weighted by Crippen LogP contribution is 2.24. The maximum absolute atomic E-state index is 8.80. The number of rotatable bonds is 7. The molecule has 7 heteroatoms. The van der Waals surface area contributed by atoms with E-state index in [1.807, 2.05) is 12.3 Å². The summed E-state index contributed by atoms with van der Waals surface area (Å²) in [5, 5.41) is 12.9. The van der Waals surface area contributed by atoms with Crippen molar-refractivity contribution in [3.05, 3.63) is 6.07 Å². The Morgan fingerprint density at radius 3 is 2.81 bits per heavy atom. The number of piperidine rings is 1. The second-order valence-electron chi connectivity index (χ2n) is 4.91. The number of anilines is 2. The summed E-state index contributed by atoms with van der Waals surface area (Å²) in [5.74, 6) is 1.86. The summed E-state index contributed by atoms with van der Waals surface area (Å²) in [6.07, 6.45) is 4.18. The molecule has 0 spiro atoms. The predicted octanol–water partition coefficient (Wildman–Crippen LogP) is 1.61. The molecule has 1 aromatic heterocycles. The van der Waals surface area contributed by atoms with Gasteiger partial charge in [0.1, 0.15) is 11.6 Å². The third-order valence-corrected chi connectivity index (χ3v) is 3.99. The van der Waals surface area contributed by atoms with Gasteiger partial charge in [-0.25, -0.2) is 9.97 Å². The molecular weight excluding hydrogens is 288 g/mol. The molecule has 6 nitrogen and oxygen atoms in total. The average molecular weight is 312 g/mol. The van der Waals surface area contributed by atoms with E-state index in [0.717, 1.165) is 49.3 Å². The normalized spacial score (nSPS) is 16.2. The first-order valence-electron chi connectivity index (χ1n) is 7.41. The third kappa shape index (κ3) is 4.72. The first-order chi connectivity index (χ1) is 10.3. The van der Waals surface area contributed by atoms with E-state index < -0.39 is 0 Å². The fourth-order valence-electron chi connectivity index (χ4n) is 2.41. The molecule has 2 heterocycles. The topological polar surface area (TPSA) is 70.5 Å². The zero-order chi connectivity index (χ0) is 15.1. The lowest BCUT2D eigenvalue weighted by Crippen LogP contribution is -2.38. The van der Waals surface area contributed by atoms with Crippen LogP contribution in [0.5, 0.6) is 0 Å². The number of thioether (sulfide) groups is 1. The lowest BCUT2D eigenvalue weighted by atomic mass is 10.1. The summed E-state index contributed by atoms with van der Waals surface area (Å²) in [7, 11) is 0. The molecule has 0 unspecified atom stereocenters. The molecule has 21 heavy (non-hydrogen) atoms. The van der Waals surface area contributed by atoms with Crippen LogP contribution in [0.1, 0.15) is 19.8 Å². The third-order valence-electron chi connectivity index (χ3n) is 3.44. The van der Waals surface area contributed by atoms with Crippen molar-refractivity contribution in [2.75, 3.05) is 49.3 Å². The van der Waals surface area contributed by atoms with E-state index >= 15 is 0 Å². The zero-order valence-electron chi connectivity index (χ0n) is 12.7. The molecule has 2 N–H and O–H groups in total. The molecular formula is C14H24N4O2S. The molecule has 0 aliphatic carbocycles. The SMILES string of the molecule is CCNc1cc(N2CCC(OCCO)CC2)nc(SC)n1. The molecule has 0 amide bonds. The largest absolute Gasteiger partial charge is 0.394 e. The minimum absolute atomic E-state index is 0.0925. The van der Waals surface area contributed by atoms with Gasteiger partial charge in [-0.1, -0.05) is 11.8 Å². The van der Waals surface area contributed by atoms with Gasteiger partial charge in [-0.3, -0.25) is 0 Å². The monoisotopic (exact) mass is 312 g/mol. The van der Waals surface area contributed by atoms with Gasteiger partial charge in [-0.05, 0) is 26.0 Å². The van der Waals surface area contributed by atoms with Gasteiger partial charge in [0.2, 0.25) is 0 Å². The first kappa shape index (κ1) is 16.3. The van der Waals surface area contributed by atoms with Gasteiger partial charge in [0, 0.05) is 25.7 Å². The number of nitrogens with zero attached hydrogens (tertiary/aromatic N) is 3. The first-order valence-corrected chi connectivity index (χ1v) is 8.63. The van der Waals surface area contributed by atoms with E-state index in [-0.39, 0.29) is 12.7 Å². The van der Waals surface area contributed by atoms with Crippen LogP contribution in [0.15, 0.2) is 11.2 Å². The molecule has 1 fully saturated rings. The van der Waals surface area contributed by atoms with Crippen LogP contribution in [0.3, 0.4) is 0 Å². The van der Waals surface area contributed by atoms with E-state index in [4.69, 9.17) is 9.84 Å². The van der Waals surface area contributed by atoms with Crippen LogP contribution >= 0.6 is 11.8 Å². The number of hydrogen-bond acceptors (Lipinski definition) is 7. The van der Waals surface area contributed by atoms with Crippen LogP contribution in [0.2, 0.25) is 0 Å². The van der Waals surface area contributed by atoms with Gasteiger partial charge in [0.15, 0.2) is 5.16 Å². The molecule has 0 atom stereocenters. The minimum atomic E-state index is 0.0925. The van der Waals surface area contributed by atoms with Crippen LogP contribution in [-0.2, 0) is 4.74 Å². The van der Waals surface area contributed by atoms with Crippen molar-refractivity contribution in [2.24, 2.45) is 0 Å². The Labute approximate surface area is 130 Å². The van der Waals surface area contributed by atoms with Gasteiger partial charge < -0.3 is 20.1 Å². The Hall–Kier alpha value is -1.05. The van der Waals surface area contributed by atoms with Crippen molar-refractivity contribution in [2.45, 2.75) is 31.0 Å². The lowest BCUT2D eigenvalue weighted by molar-refractivity contribution is 0.0158. The van der Waals surface area contributed by atoms with Crippen LogP contribution in [0, 0.1) is 0 Å². The van der Waals surface area contributed by atoms with Crippen molar-refractivity contribution in [1.82, 2.24) is 9.97 Å². The fourth-order valence-corrected chi connectivity index (χ4v) is 2.78. The lowest BCUT2D eigenvalue weighted by Gasteiger charge is -2.32. The molecule has 1 aliphatic rings. The Morgan fingerprint density at radius 1 is 1.43 bits per heavy atom. The highest BCUT2D eigenvalue weighted by Gasteiger charge is 2.21. The summed E-state index contributed by atoms with van der Waals surface area (Å²) in [6, 6.07) is 2.01. The Kier molecular flexibility index (Phi) is 6.53. The maximum Gasteiger partial charge on any atom is 0.191 e. The minimum Gasteiger partial charge on any atom is -0.394 e. The van der Waals surface area contributed by atoms with E-state index in [2.05, 4.69) is 27.1 Å². The molecule has 1 saturated heterocycles. The summed E-state index contributed by atoms with van der Waals surface area (Å²) < 4.78 is 5.60. The van der Waals surface area contributed by atoms with Crippen molar-refractivity contribution >= 4 is 23.4 Å². The second-order valence-corrected chi connectivity index (χ2v) is 5.68. The van der Waals surface area contributed by atoms with Gasteiger partial charge >= 0.3 is 0 Å². The van der Waals surface area contributed by atoms with Crippen molar-refractivity contribution in [1.29, 1.82) is 0 Å². The fraction of sp³-hybridized carbons (Fsp3) is 0.714. The molecule has 0 saturated carbocycles. The van der Waals surface area contributed by atoms with Gasteiger partial charge in [0.25, 0.3) is 0 Å². The van der Waals surface area contributed by atoms with Crippen LogP contribution in [-0.4, -0.2) is 60.3 Å². The molecule has 1 aliphatic heterocycles. The summed E-state index contributed by atoms with van der Waals surface area (Å²) in [4.78, 5) is 11.3. The van der Waals surface area contributed by atoms with Crippen LogP contribution in [0.25, 0.3) is 0 Å². The zero-order valence-corrected chi connectivity index (χ0v) is 13.5. The quantitative estimate of drug-likeness (QED) is 0.585. The molecule has 0 bridgehead atoms. The molecule has 0 aromatic carbocycles. The van der Waals surface area contributed by atoms with Gasteiger partial charge in [-0.2, -0.15) is 0 Å². The number of aliphatic hydroxyl groups excluding tert-OH is 1. The van der Waals surface area contributed by atoms with E-state index in [1.54, 1.807) is 11.8 Å². The van der Waals surface area contributed by atoms with E-state index in [9.17, 15) is 0 Å². The molecule has 0 radical (unpaired) electrons. The molecule has 1 aromatic rings. The van der Waals surface area contributed by atoms with Crippen LogP contribution < -0.4 is 10.2 Å². The van der Waals surface area contributed by atoms with Crippen LogP contribution in [0.4, 0.5) is 11.6 Å². The Balaban J connectivity index is 2.00. The highest BCUT2D eigenvalue weighted by molar-refractivity contribution is 7.98. The van der Waals surface area contributed by atoms with E-state index in [1.165, 1.54) is 0 Å². The summed E-state index contributed by atoms with van der Waals surface area (Å²) in [6.45, 7) is 5.28. The van der Waals surface area contributed by atoms with Crippen molar-refractivity contribution in [3.63, 3.8) is 0 Å². The summed E-state index contributed by atoms with van der Waals surface area (Å²) in [5.41, 5.74) is 0. The van der Waals surface area contributed by atoms with Gasteiger partial charge in [0.05, 0.1) is 19.3 Å². The van der Waals surface area contributed by atoms with Crippen molar-refractivity contribution in [3.8, 4) is 0 Å². The molecule has 118 valence electrons. The highest BCUT2D eigenvalue weighted by atomic mass is 32.2. The van der Waals surface area contributed by atoms with E-state index in [0.29, 0.717) is 6.61 Å². The van der Waals surface area contributed by atoms with Gasteiger partial charge in [-0.15, -0.1) is 0 Å². The number of hydrogen-bond donors (Lipinski definition) is 2. The predicted molar refractivity (Wildman–Crippen MR) is 86.2 cm³/mol. The number of aromatic nitrogens is 2. The number of ether oxygens (including phenoxy) is 1. The standard InChI is InChI=1S/C14H24N4O2S/c1-3-15-12-10-13(17-14(16-12)21-2)18-6-4-11(5-7-18)20-9-8-19/h10-11,19H,3-9H2,1-2H3,(H,15,16,17). The van der Waals surface area contributed by atoms with Crippen molar-refractivity contribution < 1.29 is 9.84 Å². The molecule has 2 rings (SSSR count). The maximum atomic E-state index is 8.80. The second kappa shape index (κ2) is 8.41. The average Bonchev–Trinajstić information content (AvgIpc) is 2.53. The Bertz CT molecular complexity index is 439. The summed E-state index contributed by atoms with van der Waals surface area (Å²) >= 11 is 1.56. The number of aliphatic hydroxyl groups is 1. The number of nitrogens with one attached hydrogen (secondary N) is 1. The Morgan fingerprint density at radius 2 is 2.19 bits per heavy atom. The smallest absolute Gasteiger partial charge is 0.191 e.